The van der Waals surface area contributed by atoms with Gasteiger partial charge in [0, 0.05) is 12.6 Å². The quantitative estimate of drug-likeness (QED) is 0.664. The molecule has 1 aromatic heterocycles. The predicted molar refractivity (Wildman–Crippen MR) is 42.0 cm³/mol. The predicted octanol–water partition coefficient (Wildman–Crippen LogP) is 0.297. The minimum atomic E-state index is 0.271. The van der Waals surface area contributed by atoms with Crippen molar-refractivity contribution in [2.24, 2.45) is 5.73 Å². The molecule has 0 saturated carbocycles. The number of anilines is 1. The molecule has 0 radical (unpaired) electrons. The highest BCUT2D eigenvalue weighted by Crippen LogP contribution is 2.08. The molecule has 0 aliphatic heterocycles. The molecule has 0 bridgehead atoms. The van der Waals surface area contributed by atoms with Crippen LogP contribution in [-0.2, 0) is 0 Å². The van der Waals surface area contributed by atoms with Crippen LogP contribution in [0, 0.1) is 0 Å². The molecule has 0 saturated heterocycles. The molecule has 56 valence electrons. The molecule has 1 rings (SSSR count). The number of hydrogen-bond donors (Lipinski definition) is 2. The maximum absolute atomic E-state index is 5.38. The monoisotopic (exact) mass is 158 g/mol. The molecule has 1 aromatic rings. The molecule has 1 unspecified atom stereocenters. The second-order valence-corrected chi connectivity index (χ2v) is 2.86. The van der Waals surface area contributed by atoms with E-state index in [0.717, 1.165) is 5.13 Å². The van der Waals surface area contributed by atoms with E-state index in [9.17, 15) is 0 Å². The van der Waals surface area contributed by atoms with Gasteiger partial charge in [-0.15, -0.1) is 10.2 Å². The maximum Gasteiger partial charge on any atom is 0.205 e. The smallest absolute Gasteiger partial charge is 0.205 e. The van der Waals surface area contributed by atoms with Gasteiger partial charge in [-0.25, -0.2) is 0 Å². The van der Waals surface area contributed by atoms with Gasteiger partial charge < -0.3 is 11.1 Å². The zero-order chi connectivity index (χ0) is 7.40. The molecule has 10 heavy (non-hydrogen) atoms. The van der Waals surface area contributed by atoms with Gasteiger partial charge in [0.05, 0.1) is 0 Å². The molecule has 0 aliphatic carbocycles. The third-order valence-electron chi connectivity index (χ3n) is 1.08. The van der Waals surface area contributed by atoms with E-state index in [0.29, 0.717) is 6.54 Å². The normalized spacial score (nSPS) is 13.0. The Kier molecular flexibility index (Phi) is 2.58. The van der Waals surface area contributed by atoms with Gasteiger partial charge in [0.25, 0.3) is 0 Å². The summed E-state index contributed by atoms with van der Waals surface area (Å²) < 4.78 is 0. The number of nitrogens with two attached hydrogens (primary N) is 1. The Morgan fingerprint density at radius 1 is 1.90 bits per heavy atom. The lowest BCUT2D eigenvalue weighted by Crippen LogP contribution is -2.24. The number of hydrogen-bond acceptors (Lipinski definition) is 5. The third-order valence-corrected chi connectivity index (χ3v) is 1.71. The summed E-state index contributed by atoms with van der Waals surface area (Å²) in [6.45, 7) is 2.61. The first-order chi connectivity index (χ1) is 4.83. The molecule has 5 heteroatoms. The van der Waals surface area contributed by atoms with Crippen molar-refractivity contribution in [3.63, 3.8) is 0 Å². The average molecular weight is 158 g/mol. The van der Waals surface area contributed by atoms with Crippen molar-refractivity contribution >= 4 is 16.5 Å². The lowest BCUT2D eigenvalue weighted by Gasteiger charge is -2.07. The van der Waals surface area contributed by atoms with Crippen LogP contribution in [0.5, 0.6) is 0 Å². The van der Waals surface area contributed by atoms with E-state index in [2.05, 4.69) is 15.5 Å². The first-order valence-electron chi connectivity index (χ1n) is 3.05. The van der Waals surface area contributed by atoms with Gasteiger partial charge in [0.1, 0.15) is 5.51 Å². The summed E-state index contributed by atoms with van der Waals surface area (Å²) in [6.07, 6.45) is 0. The molecule has 0 fully saturated rings. The molecule has 1 heterocycles. The summed E-state index contributed by atoms with van der Waals surface area (Å²) in [4.78, 5) is 0. The fourth-order valence-electron chi connectivity index (χ4n) is 0.506. The van der Waals surface area contributed by atoms with Crippen LogP contribution in [-0.4, -0.2) is 22.8 Å². The van der Waals surface area contributed by atoms with Gasteiger partial charge in [-0.05, 0) is 6.92 Å². The number of nitrogens with one attached hydrogen (secondary N) is 1. The summed E-state index contributed by atoms with van der Waals surface area (Å²) in [5.41, 5.74) is 7.07. The second-order valence-electron chi connectivity index (χ2n) is 2.02. The molecular weight excluding hydrogens is 148 g/mol. The molecule has 3 N–H and O–H groups in total. The summed E-state index contributed by atoms with van der Waals surface area (Å²) in [5, 5.41) is 11.4. The Hall–Kier alpha value is -0.680. The highest BCUT2D eigenvalue weighted by molar-refractivity contribution is 7.13. The van der Waals surface area contributed by atoms with Crippen LogP contribution in [0.25, 0.3) is 0 Å². The van der Waals surface area contributed by atoms with Gasteiger partial charge in [0.15, 0.2) is 0 Å². The van der Waals surface area contributed by atoms with Gasteiger partial charge in [-0.1, -0.05) is 11.3 Å². The minimum Gasteiger partial charge on any atom is -0.356 e. The maximum atomic E-state index is 5.38. The summed E-state index contributed by atoms with van der Waals surface area (Å²) in [7, 11) is 0. The highest BCUT2D eigenvalue weighted by Gasteiger charge is 1.99. The Morgan fingerprint density at radius 2 is 2.70 bits per heavy atom. The van der Waals surface area contributed by atoms with Crippen molar-refractivity contribution in [3.05, 3.63) is 5.51 Å². The number of aromatic nitrogens is 2. The first-order valence-corrected chi connectivity index (χ1v) is 3.93. The van der Waals surface area contributed by atoms with Crippen molar-refractivity contribution in [1.29, 1.82) is 0 Å². The van der Waals surface area contributed by atoms with Crippen molar-refractivity contribution < 1.29 is 0 Å². The van der Waals surface area contributed by atoms with E-state index in [1.807, 2.05) is 6.92 Å². The van der Waals surface area contributed by atoms with Crippen LogP contribution in [0.1, 0.15) is 6.92 Å². The molecule has 4 nitrogen and oxygen atoms in total. The Morgan fingerprint density at radius 3 is 3.20 bits per heavy atom. The lowest BCUT2D eigenvalue weighted by atomic mass is 10.4. The van der Waals surface area contributed by atoms with Gasteiger partial charge in [-0.3, -0.25) is 0 Å². The molecular formula is C5H10N4S. The van der Waals surface area contributed by atoms with Crippen molar-refractivity contribution in [2.45, 2.75) is 13.0 Å². The van der Waals surface area contributed by atoms with Crippen molar-refractivity contribution in [2.75, 3.05) is 11.9 Å². The van der Waals surface area contributed by atoms with Crippen LogP contribution < -0.4 is 11.1 Å². The van der Waals surface area contributed by atoms with Crippen LogP contribution in [0.3, 0.4) is 0 Å². The van der Waals surface area contributed by atoms with E-state index in [-0.39, 0.29) is 6.04 Å². The van der Waals surface area contributed by atoms with Crippen LogP contribution in [0.4, 0.5) is 5.13 Å². The van der Waals surface area contributed by atoms with Gasteiger partial charge in [-0.2, -0.15) is 0 Å². The Labute approximate surface area is 63.5 Å². The van der Waals surface area contributed by atoms with Crippen LogP contribution >= 0.6 is 11.3 Å². The first kappa shape index (κ1) is 7.43. The van der Waals surface area contributed by atoms with Crippen molar-refractivity contribution in [3.8, 4) is 0 Å². The average Bonchev–Trinajstić information content (AvgIpc) is 2.40. The highest BCUT2D eigenvalue weighted by atomic mass is 32.1. The SMILES string of the molecule is CC(CN)Nc1nncs1. The second kappa shape index (κ2) is 3.48. The summed E-state index contributed by atoms with van der Waals surface area (Å²) in [6, 6.07) is 0.271. The largest absolute Gasteiger partial charge is 0.356 e. The summed E-state index contributed by atoms with van der Waals surface area (Å²) >= 11 is 1.48. The lowest BCUT2D eigenvalue weighted by molar-refractivity contribution is 0.799. The fourth-order valence-corrected chi connectivity index (χ4v) is 1.06. The summed E-state index contributed by atoms with van der Waals surface area (Å²) in [5.74, 6) is 0. The van der Waals surface area contributed by atoms with E-state index in [1.165, 1.54) is 11.3 Å². The molecule has 0 amide bonds. The van der Waals surface area contributed by atoms with E-state index in [1.54, 1.807) is 5.51 Å². The molecule has 1 atom stereocenters. The molecule has 0 spiro atoms. The number of nitrogens with zero attached hydrogens (tertiary/aromatic N) is 2. The van der Waals surface area contributed by atoms with E-state index in [4.69, 9.17) is 5.73 Å². The third kappa shape index (κ3) is 1.93. The number of rotatable bonds is 3. The van der Waals surface area contributed by atoms with Crippen molar-refractivity contribution in [1.82, 2.24) is 10.2 Å². The fraction of sp³-hybridized carbons (Fsp3) is 0.600. The Balaban J connectivity index is 2.40. The molecule has 0 aliphatic rings. The van der Waals surface area contributed by atoms with E-state index >= 15 is 0 Å². The zero-order valence-corrected chi connectivity index (χ0v) is 6.56. The standard InChI is InChI=1S/C5H10N4S/c1-4(2-6)8-5-9-7-3-10-5/h3-4H,2,6H2,1H3,(H,8,9). The van der Waals surface area contributed by atoms with Gasteiger partial charge >= 0.3 is 0 Å². The Bertz CT molecular complexity index is 174. The van der Waals surface area contributed by atoms with Crippen LogP contribution in [0.15, 0.2) is 5.51 Å². The molecule has 0 aromatic carbocycles. The topological polar surface area (TPSA) is 63.8 Å². The van der Waals surface area contributed by atoms with Gasteiger partial charge in [0.2, 0.25) is 5.13 Å². The zero-order valence-electron chi connectivity index (χ0n) is 5.74. The van der Waals surface area contributed by atoms with Crippen LogP contribution in [0.2, 0.25) is 0 Å². The van der Waals surface area contributed by atoms with E-state index < -0.39 is 0 Å². The minimum absolute atomic E-state index is 0.271.